The summed E-state index contributed by atoms with van der Waals surface area (Å²) in [7, 11) is 0. The summed E-state index contributed by atoms with van der Waals surface area (Å²) in [6.45, 7) is 2.85. The molecule has 1 amide bonds. The molecule has 2 aromatic rings. The number of benzene rings is 1. The van der Waals surface area contributed by atoms with Crippen molar-refractivity contribution in [1.29, 1.82) is 0 Å². The monoisotopic (exact) mass is 380 g/mol. The van der Waals surface area contributed by atoms with Crippen molar-refractivity contribution < 1.29 is 19.4 Å². The topological polar surface area (TPSA) is 88.5 Å². The number of carboxylic acids is 1. The molecule has 6 nitrogen and oxygen atoms in total. The van der Waals surface area contributed by atoms with Crippen molar-refractivity contribution in [3.05, 3.63) is 45.9 Å². The first-order chi connectivity index (χ1) is 12.0. The summed E-state index contributed by atoms with van der Waals surface area (Å²) < 4.78 is 5.67. The van der Waals surface area contributed by atoms with Crippen molar-refractivity contribution in [2.75, 3.05) is 18.1 Å². The summed E-state index contributed by atoms with van der Waals surface area (Å²) in [5, 5.41) is 14.0. The summed E-state index contributed by atoms with van der Waals surface area (Å²) >= 11 is 2.74. The molecule has 2 rings (SSSR count). The molecule has 0 bridgehead atoms. The Hall–Kier alpha value is -2.06. The number of hydrogen-bond donors (Lipinski definition) is 2. The highest BCUT2D eigenvalue weighted by atomic mass is 32.2. The van der Waals surface area contributed by atoms with Gasteiger partial charge in [0.05, 0.1) is 17.9 Å². The van der Waals surface area contributed by atoms with E-state index >= 15 is 0 Å². The second-order valence-electron chi connectivity index (χ2n) is 5.31. The molecule has 0 fully saturated rings. The Balaban J connectivity index is 1.68. The highest BCUT2D eigenvalue weighted by Crippen LogP contribution is 2.16. The number of aryl methyl sites for hydroxylation is 1. The van der Waals surface area contributed by atoms with Crippen LogP contribution >= 0.6 is 23.1 Å². The first-order valence-electron chi connectivity index (χ1n) is 7.72. The number of carbonyl (C=O) groups excluding carboxylic acids is 1. The number of carboxylic acid groups (broad SMARTS) is 1. The molecule has 0 atom stereocenters. The smallest absolute Gasteiger partial charge is 0.313 e. The van der Waals surface area contributed by atoms with Gasteiger partial charge in [-0.25, -0.2) is 4.98 Å². The number of carbonyl (C=O) groups is 2. The van der Waals surface area contributed by atoms with Crippen LogP contribution in [0.4, 0.5) is 0 Å². The van der Waals surface area contributed by atoms with Gasteiger partial charge in [-0.05, 0) is 19.1 Å². The Bertz CT molecular complexity index is 701. The van der Waals surface area contributed by atoms with E-state index in [2.05, 4.69) is 10.3 Å². The second kappa shape index (κ2) is 10.0. The van der Waals surface area contributed by atoms with E-state index in [-0.39, 0.29) is 18.1 Å². The fourth-order valence-corrected chi connectivity index (χ4v) is 3.20. The van der Waals surface area contributed by atoms with Crippen LogP contribution < -0.4 is 10.1 Å². The molecule has 25 heavy (non-hydrogen) atoms. The number of nitrogens with one attached hydrogen (secondary N) is 1. The molecule has 0 unspecified atom stereocenters. The van der Waals surface area contributed by atoms with Crippen LogP contribution in [0.15, 0.2) is 29.6 Å². The Morgan fingerprint density at radius 2 is 2.08 bits per heavy atom. The van der Waals surface area contributed by atoms with E-state index in [9.17, 15) is 9.59 Å². The van der Waals surface area contributed by atoms with Crippen LogP contribution in [0, 0.1) is 6.92 Å². The molecule has 0 aliphatic rings. The van der Waals surface area contributed by atoms with E-state index in [4.69, 9.17) is 9.84 Å². The van der Waals surface area contributed by atoms with Crippen LogP contribution in [0.1, 0.15) is 16.3 Å². The average Bonchev–Trinajstić information content (AvgIpc) is 3.01. The van der Waals surface area contributed by atoms with Crippen LogP contribution in [0.5, 0.6) is 5.75 Å². The minimum Gasteiger partial charge on any atom is -0.486 e. The van der Waals surface area contributed by atoms with Gasteiger partial charge in [-0.1, -0.05) is 17.7 Å². The highest BCUT2D eigenvalue weighted by molar-refractivity contribution is 7.99. The standard InChI is InChI=1S/C17H20N2O4S2/c1-12-2-4-14(5-3-12)23-9-16-19-13(10-25-16)8-15(20)18-6-7-24-11-17(21)22/h2-5,10H,6-9,11H2,1H3,(H,18,20)(H,21,22). The van der Waals surface area contributed by atoms with Gasteiger partial charge in [0.25, 0.3) is 0 Å². The van der Waals surface area contributed by atoms with Crippen molar-refractivity contribution in [3.63, 3.8) is 0 Å². The van der Waals surface area contributed by atoms with Crippen LogP contribution in [0.2, 0.25) is 0 Å². The zero-order valence-corrected chi connectivity index (χ0v) is 15.5. The third-order valence-electron chi connectivity index (χ3n) is 3.12. The van der Waals surface area contributed by atoms with E-state index in [1.165, 1.54) is 28.7 Å². The first-order valence-corrected chi connectivity index (χ1v) is 9.75. The predicted octanol–water partition coefficient (Wildman–Crippen LogP) is 2.51. The van der Waals surface area contributed by atoms with Gasteiger partial charge >= 0.3 is 5.97 Å². The number of aliphatic carboxylic acids is 1. The van der Waals surface area contributed by atoms with Gasteiger partial charge in [0, 0.05) is 17.7 Å². The lowest BCUT2D eigenvalue weighted by atomic mass is 10.2. The number of amides is 1. The molecule has 134 valence electrons. The number of aromatic nitrogens is 1. The Labute approximate surface area is 154 Å². The molecule has 0 radical (unpaired) electrons. The van der Waals surface area contributed by atoms with Gasteiger partial charge in [-0.2, -0.15) is 0 Å². The minimum absolute atomic E-state index is 0.0479. The average molecular weight is 380 g/mol. The normalized spacial score (nSPS) is 10.4. The fraction of sp³-hybridized carbons (Fsp3) is 0.353. The lowest BCUT2D eigenvalue weighted by Gasteiger charge is -2.04. The predicted molar refractivity (Wildman–Crippen MR) is 99.3 cm³/mol. The van der Waals surface area contributed by atoms with E-state index in [1.54, 1.807) is 0 Å². The molecule has 0 saturated carbocycles. The number of hydrogen-bond acceptors (Lipinski definition) is 6. The SMILES string of the molecule is Cc1ccc(OCc2nc(CC(=O)NCCSCC(=O)O)cs2)cc1. The van der Waals surface area contributed by atoms with Crippen LogP contribution in [0.3, 0.4) is 0 Å². The molecule has 0 aliphatic heterocycles. The maximum absolute atomic E-state index is 11.8. The summed E-state index contributed by atoms with van der Waals surface area (Å²) in [5.41, 5.74) is 1.89. The summed E-state index contributed by atoms with van der Waals surface area (Å²) in [6, 6.07) is 7.81. The summed E-state index contributed by atoms with van der Waals surface area (Å²) in [4.78, 5) is 26.6. The molecule has 1 aromatic carbocycles. The Morgan fingerprint density at radius 3 is 2.80 bits per heavy atom. The number of thioether (sulfide) groups is 1. The molecule has 8 heteroatoms. The van der Waals surface area contributed by atoms with Crippen molar-refractivity contribution in [1.82, 2.24) is 10.3 Å². The van der Waals surface area contributed by atoms with Crippen LogP contribution in [-0.4, -0.2) is 40.0 Å². The number of nitrogens with zero attached hydrogens (tertiary/aromatic N) is 1. The molecule has 1 aromatic heterocycles. The molecule has 0 aliphatic carbocycles. The maximum Gasteiger partial charge on any atom is 0.313 e. The lowest BCUT2D eigenvalue weighted by Crippen LogP contribution is -2.27. The van der Waals surface area contributed by atoms with Crippen molar-refractivity contribution in [2.24, 2.45) is 0 Å². The molecular weight excluding hydrogens is 360 g/mol. The van der Waals surface area contributed by atoms with E-state index in [0.717, 1.165) is 10.8 Å². The van der Waals surface area contributed by atoms with E-state index < -0.39 is 5.97 Å². The molecule has 1 heterocycles. The van der Waals surface area contributed by atoms with Gasteiger partial charge < -0.3 is 15.2 Å². The third kappa shape index (κ3) is 7.57. The summed E-state index contributed by atoms with van der Waals surface area (Å²) in [5.74, 6) is 0.446. The molecular formula is C17H20N2O4S2. The van der Waals surface area contributed by atoms with Gasteiger partial charge in [-0.3, -0.25) is 9.59 Å². The quantitative estimate of drug-likeness (QED) is 0.616. The zero-order chi connectivity index (χ0) is 18.1. The first kappa shape index (κ1) is 19.3. The zero-order valence-electron chi connectivity index (χ0n) is 13.9. The summed E-state index contributed by atoms with van der Waals surface area (Å²) in [6.07, 6.45) is 0.213. The van der Waals surface area contributed by atoms with Crippen LogP contribution in [-0.2, 0) is 22.6 Å². The van der Waals surface area contributed by atoms with Crippen molar-refractivity contribution in [3.8, 4) is 5.75 Å². The highest BCUT2D eigenvalue weighted by Gasteiger charge is 2.08. The number of rotatable bonds is 10. The largest absolute Gasteiger partial charge is 0.486 e. The molecule has 2 N–H and O–H groups in total. The number of thiazole rings is 1. The molecule has 0 spiro atoms. The van der Waals surface area contributed by atoms with Gasteiger partial charge in [0.1, 0.15) is 17.4 Å². The number of ether oxygens (including phenoxy) is 1. The minimum atomic E-state index is -0.848. The lowest BCUT2D eigenvalue weighted by molar-refractivity contribution is -0.133. The van der Waals surface area contributed by atoms with E-state index in [0.29, 0.717) is 24.6 Å². The second-order valence-corrected chi connectivity index (χ2v) is 7.36. The Kier molecular flexibility index (Phi) is 7.75. The molecule has 0 saturated heterocycles. The fourth-order valence-electron chi connectivity index (χ4n) is 1.93. The third-order valence-corrected chi connectivity index (χ3v) is 4.93. The van der Waals surface area contributed by atoms with Crippen molar-refractivity contribution in [2.45, 2.75) is 20.0 Å². The van der Waals surface area contributed by atoms with E-state index in [1.807, 2.05) is 36.6 Å². The Morgan fingerprint density at radius 1 is 1.32 bits per heavy atom. The van der Waals surface area contributed by atoms with Gasteiger partial charge in [0.15, 0.2) is 0 Å². The van der Waals surface area contributed by atoms with Gasteiger partial charge in [-0.15, -0.1) is 23.1 Å². The van der Waals surface area contributed by atoms with Crippen LogP contribution in [0.25, 0.3) is 0 Å². The maximum atomic E-state index is 11.8. The van der Waals surface area contributed by atoms with Crippen molar-refractivity contribution >= 4 is 35.0 Å². The van der Waals surface area contributed by atoms with Gasteiger partial charge in [0.2, 0.25) is 5.91 Å².